The molecule has 1 aliphatic rings. The van der Waals surface area contributed by atoms with Gasteiger partial charge >= 0.3 is 0 Å². The summed E-state index contributed by atoms with van der Waals surface area (Å²) in [7, 11) is -2.76. The van der Waals surface area contributed by atoms with Crippen molar-refractivity contribution in [2.24, 2.45) is 0 Å². The summed E-state index contributed by atoms with van der Waals surface area (Å²) in [6, 6.07) is 28.9. The maximum Gasteiger partial charge on any atom is 0.264 e. The zero-order chi connectivity index (χ0) is 34.1. The van der Waals surface area contributed by atoms with E-state index in [2.05, 4.69) is 5.32 Å². The Morgan fingerprint density at radius 3 is 2.23 bits per heavy atom. The average molecular weight is 688 g/mol. The fourth-order valence-corrected chi connectivity index (χ4v) is 7.73. The molecule has 0 bridgehead atoms. The minimum atomic E-state index is -4.26. The van der Waals surface area contributed by atoms with Crippen molar-refractivity contribution in [1.82, 2.24) is 10.2 Å². The zero-order valence-corrected chi connectivity index (χ0v) is 28.9. The third-order valence-corrected chi connectivity index (χ3v) is 10.7. The van der Waals surface area contributed by atoms with Crippen molar-refractivity contribution in [1.29, 1.82) is 0 Å². The summed E-state index contributed by atoms with van der Waals surface area (Å²) in [5.41, 5.74) is 2.96. The van der Waals surface area contributed by atoms with Crippen molar-refractivity contribution in [2.45, 2.75) is 69.0 Å². The summed E-state index contributed by atoms with van der Waals surface area (Å²) in [6.07, 6.45) is 5.26. The summed E-state index contributed by atoms with van der Waals surface area (Å²) in [6.45, 7) is 1.53. The monoisotopic (exact) mass is 687 g/mol. The van der Waals surface area contributed by atoms with Crippen LogP contribution in [0.4, 0.5) is 5.69 Å². The number of amides is 2. The van der Waals surface area contributed by atoms with Crippen molar-refractivity contribution < 1.29 is 22.7 Å². The number of anilines is 1. The van der Waals surface area contributed by atoms with Gasteiger partial charge in [-0.1, -0.05) is 97.1 Å². The largest absolute Gasteiger partial charge is 0.497 e. The van der Waals surface area contributed by atoms with E-state index in [-0.39, 0.29) is 35.5 Å². The van der Waals surface area contributed by atoms with Gasteiger partial charge in [-0.25, -0.2) is 8.42 Å². The van der Waals surface area contributed by atoms with E-state index >= 15 is 0 Å². The summed E-state index contributed by atoms with van der Waals surface area (Å²) in [5.74, 6) is -0.274. The second-order valence-electron chi connectivity index (χ2n) is 12.2. The number of sulfonamides is 1. The Kier molecular flexibility index (Phi) is 11.8. The summed E-state index contributed by atoms with van der Waals surface area (Å²) < 4.78 is 34.8. The van der Waals surface area contributed by atoms with Crippen molar-refractivity contribution in [3.63, 3.8) is 0 Å². The third-order valence-electron chi connectivity index (χ3n) is 8.68. The quantitative estimate of drug-likeness (QED) is 0.164. The van der Waals surface area contributed by atoms with Crippen molar-refractivity contribution in [3.8, 4) is 5.75 Å². The second-order valence-corrected chi connectivity index (χ2v) is 14.5. The summed E-state index contributed by atoms with van der Waals surface area (Å²) in [5, 5.41) is 3.56. The molecule has 4 aromatic carbocycles. The van der Waals surface area contributed by atoms with Crippen LogP contribution in [0, 0.1) is 6.92 Å². The number of nitrogens with one attached hydrogen (secondary N) is 1. The highest BCUT2D eigenvalue weighted by Gasteiger charge is 2.35. The van der Waals surface area contributed by atoms with Gasteiger partial charge in [0, 0.05) is 24.0 Å². The number of ether oxygens (including phenoxy) is 1. The predicted molar refractivity (Wildman–Crippen MR) is 190 cm³/mol. The Morgan fingerprint density at radius 2 is 1.56 bits per heavy atom. The van der Waals surface area contributed by atoms with E-state index in [0.29, 0.717) is 10.8 Å². The van der Waals surface area contributed by atoms with E-state index < -0.39 is 28.5 Å². The molecule has 0 radical (unpaired) electrons. The topological polar surface area (TPSA) is 96.0 Å². The lowest BCUT2D eigenvalue weighted by atomic mass is 9.94. The number of hydrogen-bond donors (Lipinski definition) is 1. The highest BCUT2D eigenvalue weighted by Crippen LogP contribution is 2.28. The number of nitrogens with zero attached hydrogens (tertiary/aromatic N) is 2. The molecular formula is C38H42ClN3O5S. The molecule has 2 amide bonds. The second kappa shape index (κ2) is 16.2. The van der Waals surface area contributed by atoms with Crippen molar-refractivity contribution in [3.05, 3.63) is 125 Å². The summed E-state index contributed by atoms with van der Waals surface area (Å²) >= 11 is 6.33. The first-order valence-corrected chi connectivity index (χ1v) is 18.1. The van der Waals surface area contributed by atoms with Crippen LogP contribution in [-0.4, -0.2) is 50.9 Å². The molecule has 5 rings (SSSR count). The highest BCUT2D eigenvalue weighted by atomic mass is 35.5. The maximum atomic E-state index is 14.7. The van der Waals surface area contributed by atoms with E-state index in [1.54, 1.807) is 30.3 Å². The predicted octanol–water partition coefficient (Wildman–Crippen LogP) is 6.94. The molecule has 0 aromatic heterocycles. The Labute approximate surface area is 288 Å². The van der Waals surface area contributed by atoms with Crippen LogP contribution in [0.1, 0.15) is 48.8 Å². The van der Waals surface area contributed by atoms with Crippen LogP contribution >= 0.6 is 11.6 Å². The van der Waals surface area contributed by atoms with Gasteiger partial charge in [0.1, 0.15) is 18.3 Å². The number of aryl methyl sites for hydroxylation is 1. The first-order valence-electron chi connectivity index (χ1n) is 16.3. The number of hydrogen-bond acceptors (Lipinski definition) is 5. The number of methoxy groups -OCH3 is 1. The molecule has 0 heterocycles. The number of carbonyl (C=O) groups excluding carboxylic acids is 2. The van der Waals surface area contributed by atoms with E-state index in [9.17, 15) is 18.0 Å². The SMILES string of the molecule is COc1ccc(S(=O)(=O)N(CC(=O)N(Cc2cccc(C)c2)[C@H](Cc2ccccc2)C(=O)NC2CCCCC2)c2cccc(Cl)c2)cc1. The number of benzene rings is 4. The maximum absolute atomic E-state index is 14.7. The van der Waals surface area contributed by atoms with Gasteiger partial charge in [0.2, 0.25) is 11.8 Å². The van der Waals surface area contributed by atoms with Gasteiger partial charge < -0.3 is 15.0 Å². The van der Waals surface area contributed by atoms with E-state index in [4.69, 9.17) is 16.3 Å². The molecule has 0 spiro atoms. The Hall–Kier alpha value is -4.34. The minimum Gasteiger partial charge on any atom is -0.497 e. The van der Waals surface area contributed by atoms with Crippen LogP contribution in [0.3, 0.4) is 0 Å². The van der Waals surface area contributed by atoms with E-state index in [1.807, 2.05) is 61.5 Å². The lowest BCUT2D eigenvalue weighted by Gasteiger charge is -2.35. The highest BCUT2D eigenvalue weighted by molar-refractivity contribution is 7.92. The van der Waals surface area contributed by atoms with Gasteiger partial charge in [-0.2, -0.15) is 0 Å². The van der Waals surface area contributed by atoms with Gasteiger partial charge in [0.25, 0.3) is 10.0 Å². The Morgan fingerprint density at radius 1 is 0.875 bits per heavy atom. The van der Waals surface area contributed by atoms with Crippen LogP contribution < -0.4 is 14.4 Å². The smallest absolute Gasteiger partial charge is 0.264 e. The van der Waals surface area contributed by atoms with Crippen molar-refractivity contribution in [2.75, 3.05) is 18.0 Å². The molecule has 1 atom stereocenters. The van der Waals surface area contributed by atoms with Gasteiger partial charge in [0.15, 0.2) is 0 Å². The Bertz CT molecular complexity index is 1790. The zero-order valence-electron chi connectivity index (χ0n) is 27.3. The first kappa shape index (κ1) is 35.0. The molecule has 1 fully saturated rings. The first-order chi connectivity index (χ1) is 23.1. The molecule has 0 saturated heterocycles. The van der Waals surface area contributed by atoms with E-state index in [0.717, 1.165) is 53.1 Å². The lowest BCUT2D eigenvalue weighted by Crippen LogP contribution is -2.55. The van der Waals surface area contributed by atoms with Crippen LogP contribution in [0.2, 0.25) is 5.02 Å². The molecule has 10 heteroatoms. The van der Waals surface area contributed by atoms with E-state index in [1.165, 1.54) is 30.2 Å². The number of halogens is 1. The van der Waals surface area contributed by atoms with Crippen LogP contribution in [0.15, 0.2) is 108 Å². The normalized spacial score (nSPS) is 14.1. The Balaban J connectivity index is 1.56. The fraction of sp³-hybridized carbons (Fsp3) is 0.316. The molecule has 252 valence electrons. The molecular weight excluding hydrogens is 646 g/mol. The minimum absolute atomic E-state index is 0.0165. The molecule has 1 saturated carbocycles. The molecule has 4 aromatic rings. The third kappa shape index (κ3) is 8.96. The fourth-order valence-electron chi connectivity index (χ4n) is 6.14. The van der Waals surface area contributed by atoms with Gasteiger partial charge in [-0.05, 0) is 73.4 Å². The van der Waals surface area contributed by atoms with Crippen LogP contribution in [0.25, 0.3) is 0 Å². The molecule has 1 N–H and O–H groups in total. The lowest BCUT2D eigenvalue weighted by molar-refractivity contribution is -0.140. The number of carbonyl (C=O) groups is 2. The van der Waals surface area contributed by atoms with Gasteiger partial charge in [-0.3, -0.25) is 13.9 Å². The molecule has 0 unspecified atom stereocenters. The van der Waals surface area contributed by atoms with Crippen LogP contribution in [-0.2, 0) is 32.6 Å². The van der Waals surface area contributed by atoms with Gasteiger partial charge in [0.05, 0.1) is 17.7 Å². The molecule has 8 nitrogen and oxygen atoms in total. The summed E-state index contributed by atoms with van der Waals surface area (Å²) in [4.78, 5) is 30.4. The molecule has 0 aliphatic heterocycles. The van der Waals surface area contributed by atoms with Crippen LogP contribution in [0.5, 0.6) is 5.75 Å². The standard InChI is InChI=1S/C38H42ClN3O5S/c1-28-11-9-14-30(23-28)26-41(36(24-29-12-5-3-6-13-29)38(44)40-32-16-7-4-8-17-32)37(43)27-42(33-18-10-15-31(39)25-33)48(45,46)35-21-19-34(47-2)20-22-35/h3,5-6,9-15,18-23,25,32,36H,4,7-8,16-17,24,26-27H2,1-2H3,(H,40,44)/t36-/m1/s1. The van der Waals surface area contributed by atoms with Gasteiger partial charge in [-0.15, -0.1) is 0 Å². The molecule has 1 aliphatic carbocycles. The molecule has 48 heavy (non-hydrogen) atoms. The average Bonchev–Trinajstić information content (AvgIpc) is 3.09. The van der Waals surface area contributed by atoms with Crippen molar-refractivity contribution >= 4 is 39.1 Å². The number of rotatable bonds is 13.